The highest BCUT2D eigenvalue weighted by Crippen LogP contribution is 2.38. The Hall–Kier alpha value is -3.61. The molecule has 1 aliphatic carbocycles. The fraction of sp³-hybridized carbons (Fsp3) is 0.344. The van der Waals surface area contributed by atoms with E-state index in [9.17, 15) is 5.11 Å². The predicted molar refractivity (Wildman–Crippen MR) is 151 cm³/mol. The molecule has 1 aliphatic heterocycles. The summed E-state index contributed by atoms with van der Waals surface area (Å²) in [6.07, 6.45) is 2.75. The van der Waals surface area contributed by atoms with Crippen molar-refractivity contribution >= 4 is 16.6 Å². The van der Waals surface area contributed by atoms with Crippen LogP contribution < -0.4 is 14.4 Å². The maximum absolute atomic E-state index is 9.28. The first-order chi connectivity index (χ1) is 18.7. The molecule has 0 saturated carbocycles. The van der Waals surface area contributed by atoms with Crippen LogP contribution in [0.25, 0.3) is 10.9 Å². The number of nitrogens with zero attached hydrogens (tertiary/aromatic N) is 3. The number of ether oxygens (including phenoxy) is 2. The highest BCUT2D eigenvalue weighted by atomic mass is 16.5. The minimum absolute atomic E-state index is 0.0970. The van der Waals surface area contributed by atoms with Crippen LogP contribution in [0.2, 0.25) is 0 Å². The molecule has 1 N–H and O–H groups in total. The van der Waals surface area contributed by atoms with Crippen molar-refractivity contribution in [3.63, 3.8) is 0 Å². The monoisotopic (exact) mass is 509 g/mol. The number of aryl methyl sites for hydroxylation is 2. The lowest BCUT2D eigenvalue weighted by molar-refractivity contribution is 0.209. The number of anilines is 1. The Morgan fingerprint density at radius 1 is 0.868 bits per heavy atom. The first kappa shape index (κ1) is 24.7. The average molecular weight is 510 g/mol. The van der Waals surface area contributed by atoms with Crippen LogP contribution in [0.15, 0.2) is 72.8 Å². The van der Waals surface area contributed by atoms with Crippen molar-refractivity contribution in [3.8, 4) is 11.6 Å². The molecule has 2 aliphatic rings. The standard InChI is InChI=1S/C32H35N3O3/c1-37-26-14-13-25-21-30(32(33-29(25)22-26)38-20-6-19-36)34-15-17-35(18-16-34)31-27-9-4-2-7-23(27)11-12-24-8-3-5-10-28(24)31/h2-5,7-10,13-14,21-22,31,36H,6,11-12,15-20H2,1H3. The largest absolute Gasteiger partial charge is 0.497 e. The van der Waals surface area contributed by atoms with Crippen LogP contribution in [0.3, 0.4) is 0 Å². The number of aromatic nitrogens is 1. The van der Waals surface area contributed by atoms with Gasteiger partial charge < -0.3 is 19.5 Å². The lowest BCUT2D eigenvalue weighted by Crippen LogP contribution is -2.48. The van der Waals surface area contributed by atoms with E-state index < -0.39 is 0 Å². The summed E-state index contributed by atoms with van der Waals surface area (Å²) >= 11 is 0. The fourth-order valence-electron chi connectivity index (χ4n) is 5.92. The molecule has 0 bridgehead atoms. The number of piperazine rings is 1. The lowest BCUT2D eigenvalue weighted by Gasteiger charge is -2.41. The third kappa shape index (κ3) is 4.82. The highest BCUT2D eigenvalue weighted by Gasteiger charge is 2.31. The van der Waals surface area contributed by atoms with Crippen LogP contribution in [0.4, 0.5) is 5.69 Å². The van der Waals surface area contributed by atoms with Gasteiger partial charge >= 0.3 is 0 Å². The molecule has 6 heteroatoms. The van der Waals surface area contributed by atoms with Crippen LogP contribution in [0.5, 0.6) is 11.6 Å². The summed E-state index contributed by atoms with van der Waals surface area (Å²) in [7, 11) is 1.67. The van der Waals surface area contributed by atoms with E-state index in [0.717, 1.165) is 61.4 Å². The second-order valence-corrected chi connectivity index (χ2v) is 10.1. The predicted octanol–water partition coefficient (Wildman–Crippen LogP) is 5.01. The second kappa shape index (κ2) is 11.0. The number of pyridine rings is 1. The van der Waals surface area contributed by atoms with Gasteiger partial charge in [-0.3, -0.25) is 4.90 Å². The molecule has 196 valence electrons. The molecule has 0 spiro atoms. The smallest absolute Gasteiger partial charge is 0.238 e. The van der Waals surface area contributed by atoms with Gasteiger partial charge in [0.25, 0.3) is 0 Å². The van der Waals surface area contributed by atoms with Crippen LogP contribution in [-0.4, -0.2) is 61.5 Å². The number of fused-ring (bicyclic) bond motifs is 3. The van der Waals surface area contributed by atoms with Crippen LogP contribution in [0.1, 0.15) is 34.7 Å². The average Bonchev–Trinajstić information content (AvgIpc) is 3.14. The summed E-state index contributed by atoms with van der Waals surface area (Å²) in [5, 5.41) is 10.3. The Morgan fingerprint density at radius 2 is 1.55 bits per heavy atom. The normalized spacial score (nSPS) is 16.1. The summed E-state index contributed by atoms with van der Waals surface area (Å²) in [5.74, 6) is 1.40. The molecule has 2 heterocycles. The number of hydrogen-bond acceptors (Lipinski definition) is 6. The Bertz CT molecular complexity index is 1370. The van der Waals surface area contributed by atoms with E-state index in [0.29, 0.717) is 18.9 Å². The Morgan fingerprint density at radius 3 is 2.21 bits per heavy atom. The fourth-order valence-corrected chi connectivity index (χ4v) is 5.92. The zero-order valence-electron chi connectivity index (χ0n) is 22.0. The zero-order valence-corrected chi connectivity index (χ0v) is 22.0. The van der Waals surface area contributed by atoms with Crippen LogP contribution in [0, 0.1) is 0 Å². The molecule has 0 amide bonds. The molecule has 6 nitrogen and oxygen atoms in total. The molecular formula is C32H35N3O3. The minimum Gasteiger partial charge on any atom is -0.497 e. The van der Waals surface area contributed by atoms with Crippen molar-refractivity contribution in [3.05, 3.63) is 95.1 Å². The van der Waals surface area contributed by atoms with E-state index in [1.807, 2.05) is 12.1 Å². The number of methoxy groups -OCH3 is 1. The molecule has 1 aromatic heterocycles. The van der Waals surface area contributed by atoms with E-state index in [1.165, 1.54) is 22.3 Å². The van der Waals surface area contributed by atoms with Gasteiger partial charge in [-0.1, -0.05) is 48.5 Å². The lowest BCUT2D eigenvalue weighted by atomic mass is 9.92. The zero-order chi connectivity index (χ0) is 25.9. The van der Waals surface area contributed by atoms with Crippen molar-refractivity contribution in [2.45, 2.75) is 25.3 Å². The van der Waals surface area contributed by atoms with Gasteiger partial charge in [0, 0.05) is 50.7 Å². The number of aliphatic hydroxyl groups is 1. The quantitative estimate of drug-likeness (QED) is 0.353. The molecule has 4 aromatic rings. The van der Waals surface area contributed by atoms with Crippen molar-refractivity contribution < 1.29 is 14.6 Å². The highest BCUT2D eigenvalue weighted by molar-refractivity contribution is 5.85. The van der Waals surface area contributed by atoms with E-state index in [1.54, 1.807) is 7.11 Å². The molecule has 1 fully saturated rings. The molecule has 6 rings (SSSR count). The molecule has 38 heavy (non-hydrogen) atoms. The Balaban J connectivity index is 1.29. The Kier molecular flexibility index (Phi) is 7.16. The topological polar surface area (TPSA) is 58.1 Å². The van der Waals surface area contributed by atoms with Gasteiger partial charge in [0.05, 0.1) is 25.3 Å². The van der Waals surface area contributed by atoms with Gasteiger partial charge in [-0.05, 0) is 53.3 Å². The first-order valence-corrected chi connectivity index (χ1v) is 13.6. The molecule has 1 saturated heterocycles. The Labute approximate surface area is 224 Å². The number of rotatable bonds is 7. The number of aliphatic hydroxyl groups excluding tert-OH is 1. The second-order valence-electron chi connectivity index (χ2n) is 10.1. The van der Waals surface area contributed by atoms with Crippen LogP contribution in [-0.2, 0) is 12.8 Å². The summed E-state index contributed by atoms with van der Waals surface area (Å²) in [4.78, 5) is 9.92. The van der Waals surface area contributed by atoms with Crippen molar-refractivity contribution in [2.75, 3.05) is 51.4 Å². The minimum atomic E-state index is 0.0970. The van der Waals surface area contributed by atoms with Gasteiger partial charge in [-0.25, -0.2) is 4.98 Å². The first-order valence-electron chi connectivity index (χ1n) is 13.6. The summed E-state index contributed by atoms with van der Waals surface area (Å²) in [5.41, 5.74) is 7.68. The molecule has 0 radical (unpaired) electrons. The van der Waals surface area contributed by atoms with Gasteiger partial charge in [-0.15, -0.1) is 0 Å². The summed E-state index contributed by atoms with van der Waals surface area (Å²) in [6, 6.07) is 26.4. The molecular weight excluding hydrogens is 474 g/mol. The van der Waals surface area contributed by atoms with Gasteiger partial charge in [0.2, 0.25) is 5.88 Å². The maximum atomic E-state index is 9.28. The van der Waals surface area contributed by atoms with Crippen molar-refractivity contribution in [1.82, 2.24) is 9.88 Å². The van der Waals surface area contributed by atoms with Gasteiger partial charge in [-0.2, -0.15) is 0 Å². The molecule has 0 unspecified atom stereocenters. The third-order valence-electron chi connectivity index (χ3n) is 7.90. The third-order valence-corrected chi connectivity index (χ3v) is 7.90. The van der Waals surface area contributed by atoms with E-state index in [-0.39, 0.29) is 12.6 Å². The molecule has 3 aromatic carbocycles. The van der Waals surface area contributed by atoms with Gasteiger partial charge in [0.1, 0.15) is 11.4 Å². The van der Waals surface area contributed by atoms with E-state index >= 15 is 0 Å². The van der Waals surface area contributed by atoms with Gasteiger partial charge in [0.15, 0.2) is 0 Å². The van der Waals surface area contributed by atoms with E-state index in [2.05, 4.69) is 70.5 Å². The van der Waals surface area contributed by atoms with Crippen molar-refractivity contribution in [2.24, 2.45) is 0 Å². The van der Waals surface area contributed by atoms with Crippen molar-refractivity contribution in [1.29, 1.82) is 0 Å². The van der Waals surface area contributed by atoms with Crippen LogP contribution >= 0.6 is 0 Å². The van der Waals surface area contributed by atoms with E-state index in [4.69, 9.17) is 14.5 Å². The number of hydrogen-bond donors (Lipinski definition) is 1. The SMILES string of the molecule is COc1ccc2cc(N3CCN(C4c5ccccc5CCc5ccccc54)CC3)c(OCCCO)nc2c1. The molecule has 0 atom stereocenters. The number of benzene rings is 3. The maximum Gasteiger partial charge on any atom is 0.238 e. The summed E-state index contributed by atoms with van der Waals surface area (Å²) in [6.45, 7) is 4.20. The summed E-state index contributed by atoms with van der Waals surface area (Å²) < 4.78 is 11.5.